The van der Waals surface area contributed by atoms with E-state index in [1.54, 1.807) is 13.0 Å². The molecule has 0 rings (SSSR count). The van der Waals surface area contributed by atoms with Gasteiger partial charge >= 0.3 is 0 Å². The first-order chi connectivity index (χ1) is 6.92. The minimum atomic E-state index is -4.04. The molecule has 0 aliphatic carbocycles. The van der Waals surface area contributed by atoms with Gasteiger partial charge in [0, 0.05) is 0 Å². The zero-order chi connectivity index (χ0) is 13.1. The lowest BCUT2D eigenvalue weighted by Gasteiger charge is -2.17. The third-order valence-electron chi connectivity index (χ3n) is 1.85. The van der Waals surface area contributed by atoms with Crippen molar-refractivity contribution in [1.82, 2.24) is 0 Å². The van der Waals surface area contributed by atoms with Gasteiger partial charge in [-0.1, -0.05) is 45.6 Å². The molecule has 92 valence electrons. The van der Waals surface area contributed by atoms with Crippen molar-refractivity contribution in [3.63, 3.8) is 0 Å². The number of hydrogen-bond acceptors (Lipinski definition) is 2. The molecule has 0 atom stereocenters. The lowest BCUT2D eigenvalue weighted by atomic mass is 9.90. The van der Waals surface area contributed by atoms with Gasteiger partial charge in [-0.3, -0.25) is 4.55 Å². The Bertz CT molecular complexity index is 420. The molecule has 0 heterocycles. The predicted octanol–water partition coefficient (Wildman–Crippen LogP) is 2.98. The molecule has 4 heteroatoms. The highest BCUT2D eigenvalue weighted by atomic mass is 32.2. The molecular weight excluding hydrogens is 224 g/mol. The van der Waals surface area contributed by atoms with Crippen LogP contribution in [0.2, 0.25) is 0 Å². The van der Waals surface area contributed by atoms with Crippen molar-refractivity contribution in [1.29, 1.82) is 0 Å². The van der Waals surface area contributed by atoms with E-state index in [1.165, 1.54) is 0 Å². The molecule has 0 aromatic carbocycles. The minimum absolute atomic E-state index is 0.182. The van der Waals surface area contributed by atoms with Crippen molar-refractivity contribution in [3.05, 3.63) is 36.0 Å². The zero-order valence-electron chi connectivity index (χ0n) is 10.4. The van der Waals surface area contributed by atoms with E-state index in [1.807, 2.05) is 20.8 Å². The van der Waals surface area contributed by atoms with E-state index in [0.717, 1.165) is 0 Å². The van der Waals surface area contributed by atoms with Gasteiger partial charge in [0.2, 0.25) is 0 Å². The van der Waals surface area contributed by atoms with Crippen molar-refractivity contribution >= 4 is 10.1 Å². The Balaban J connectivity index is 5.33. The Labute approximate surface area is 98.3 Å². The van der Waals surface area contributed by atoms with Gasteiger partial charge in [0.05, 0.1) is 0 Å². The molecule has 0 aromatic heterocycles. The molecule has 0 aromatic rings. The molecule has 0 amide bonds. The van der Waals surface area contributed by atoms with E-state index in [4.69, 9.17) is 4.55 Å². The van der Waals surface area contributed by atoms with Crippen LogP contribution in [0.3, 0.4) is 0 Å². The van der Waals surface area contributed by atoms with Gasteiger partial charge in [-0.25, -0.2) is 0 Å². The van der Waals surface area contributed by atoms with E-state index in [0.29, 0.717) is 16.7 Å². The Morgan fingerprint density at radius 1 is 1.31 bits per heavy atom. The second kappa shape index (κ2) is 4.97. The van der Waals surface area contributed by atoms with Crippen LogP contribution in [0.1, 0.15) is 27.7 Å². The maximum Gasteiger partial charge on any atom is 0.269 e. The molecule has 1 N–H and O–H groups in total. The SMILES string of the molecule is C=C(C)C(=C)/C(=C\C(C)(C)C)CS(=O)(=O)O. The first-order valence-corrected chi connectivity index (χ1v) is 6.55. The fourth-order valence-electron chi connectivity index (χ4n) is 1.21. The highest BCUT2D eigenvalue weighted by molar-refractivity contribution is 7.86. The fourth-order valence-corrected chi connectivity index (χ4v) is 1.86. The second-order valence-corrected chi connectivity index (χ2v) is 6.47. The van der Waals surface area contributed by atoms with Crippen LogP contribution in [-0.4, -0.2) is 18.7 Å². The molecule has 0 spiro atoms. The second-order valence-electron chi connectivity index (χ2n) is 5.02. The van der Waals surface area contributed by atoms with Crippen molar-refractivity contribution in [3.8, 4) is 0 Å². The minimum Gasteiger partial charge on any atom is -0.285 e. The molecular formula is C12H20O3S. The van der Waals surface area contributed by atoms with E-state index in [9.17, 15) is 8.42 Å². The molecule has 0 fully saturated rings. The van der Waals surface area contributed by atoms with Crippen LogP contribution in [0.15, 0.2) is 36.0 Å². The Kier molecular flexibility index (Phi) is 4.70. The summed E-state index contributed by atoms with van der Waals surface area (Å²) < 4.78 is 30.7. The normalized spacial score (nSPS) is 13.7. The maximum absolute atomic E-state index is 10.9. The number of rotatable bonds is 4. The summed E-state index contributed by atoms with van der Waals surface area (Å²) in [6.45, 7) is 15.1. The van der Waals surface area contributed by atoms with Gasteiger partial charge in [-0.15, -0.1) is 0 Å². The smallest absolute Gasteiger partial charge is 0.269 e. The highest BCUT2D eigenvalue weighted by Crippen LogP contribution is 2.24. The summed E-state index contributed by atoms with van der Waals surface area (Å²) in [5.74, 6) is -0.421. The van der Waals surface area contributed by atoms with Gasteiger partial charge in [-0.05, 0) is 23.5 Å². The number of hydrogen-bond donors (Lipinski definition) is 1. The fraction of sp³-hybridized carbons (Fsp3) is 0.500. The summed E-state index contributed by atoms with van der Waals surface area (Å²) in [4.78, 5) is 0. The quantitative estimate of drug-likeness (QED) is 0.611. The summed E-state index contributed by atoms with van der Waals surface area (Å²) in [5, 5.41) is 0. The van der Waals surface area contributed by atoms with Crippen LogP contribution in [0.4, 0.5) is 0 Å². The van der Waals surface area contributed by atoms with Crippen LogP contribution < -0.4 is 0 Å². The van der Waals surface area contributed by atoms with Crippen LogP contribution >= 0.6 is 0 Å². The van der Waals surface area contributed by atoms with Gasteiger partial charge in [0.15, 0.2) is 0 Å². The highest BCUT2D eigenvalue weighted by Gasteiger charge is 2.16. The molecule has 0 radical (unpaired) electrons. The Hall–Kier alpha value is -0.870. The average molecular weight is 244 g/mol. The van der Waals surface area contributed by atoms with E-state index < -0.39 is 15.9 Å². The predicted molar refractivity (Wildman–Crippen MR) is 67.9 cm³/mol. The van der Waals surface area contributed by atoms with Crippen molar-refractivity contribution in [2.24, 2.45) is 5.41 Å². The van der Waals surface area contributed by atoms with Crippen molar-refractivity contribution in [2.75, 3.05) is 5.75 Å². The van der Waals surface area contributed by atoms with Gasteiger partial charge < -0.3 is 0 Å². The molecule has 0 bridgehead atoms. The molecule has 3 nitrogen and oxygen atoms in total. The first kappa shape index (κ1) is 15.1. The molecule has 0 saturated carbocycles. The maximum atomic E-state index is 10.9. The largest absolute Gasteiger partial charge is 0.285 e. The summed E-state index contributed by atoms with van der Waals surface area (Å²) in [6, 6.07) is 0. The molecule has 0 aliphatic rings. The molecule has 16 heavy (non-hydrogen) atoms. The van der Waals surface area contributed by atoms with Crippen LogP contribution in [0, 0.1) is 5.41 Å². The van der Waals surface area contributed by atoms with Crippen LogP contribution in [0.5, 0.6) is 0 Å². The summed E-state index contributed by atoms with van der Waals surface area (Å²) >= 11 is 0. The van der Waals surface area contributed by atoms with E-state index in [2.05, 4.69) is 13.2 Å². The van der Waals surface area contributed by atoms with Crippen LogP contribution in [0.25, 0.3) is 0 Å². The zero-order valence-corrected chi connectivity index (χ0v) is 11.2. The van der Waals surface area contributed by atoms with E-state index >= 15 is 0 Å². The summed E-state index contributed by atoms with van der Waals surface area (Å²) in [5.41, 5.74) is 1.58. The van der Waals surface area contributed by atoms with Crippen molar-refractivity contribution < 1.29 is 13.0 Å². The average Bonchev–Trinajstić information content (AvgIpc) is 1.95. The molecule has 0 saturated heterocycles. The lowest BCUT2D eigenvalue weighted by molar-refractivity contribution is 0.485. The van der Waals surface area contributed by atoms with E-state index in [-0.39, 0.29) is 5.41 Å². The number of allylic oxidation sites excluding steroid dienone is 3. The monoisotopic (exact) mass is 244 g/mol. The Morgan fingerprint density at radius 3 is 2.00 bits per heavy atom. The van der Waals surface area contributed by atoms with Crippen molar-refractivity contribution in [2.45, 2.75) is 27.7 Å². The molecule has 0 aliphatic heterocycles. The summed E-state index contributed by atoms with van der Waals surface area (Å²) in [7, 11) is -4.04. The lowest BCUT2D eigenvalue weighted by Crippen LogP contribution is -2.12. The van der Waals surface area contributed by atoms with Gasteiger partial charge in [-0.2, -0.15) is 8.42 Å². The summed E-state index contributed by atoms with van der Waals surface area (Å²) in [6.07, 6.45) is 1.79. The third-order valence-corrected chi connectivity index (χ3v) is 2.52. The van der Waals surface area contributed by atoms with Gasteiger partial charge in [0.25, 0.3) is 10.1 Å². The van der Waals surface area contributed by atoms with Gasteiger partial charge in [0.1, 0.15) is 5.75 Å². The standard InChI is InChI=1S/C12H20O3S/c1-9(2)10(3)11(7-12(4,5)6)8-16(13,14)15/h7H,1,3,8H2,2,4-6H3,(H,13,14,15)/b11-7-. The topological polar surface area (TPSA) is 54.4 Å². The first-order valence-electron chi connectivity index (χ1n) is 4.94. The third kappa shape index (κ3) is 6.58. The molecule has 0 unspecified atom stereocenters. The van der Waals surface area contributed by atoms with Crippen LogP contribution in [-0.2, 0) is 10.1 Å². The Morgan fingerprint density at radius 2 is 1.75 bits per heavy atom.